The van der Waals surface area contributed by atoms with Crippen molar-refractivity contribution in [3.8, 4) is 6.07 Å². The van der Waals surface area contributed by atoms with E-state index in [4.69, 9.17) is 5.26 Å². The summed E-state index contributed by atoms with van der Waals surface area (Å²) in [6, 6.07) is 16.4. The van der Waals surface area contributed by atoms with E-state index >= 15 is 0 Å². The van der Waals surface area contributed by atoms with E-state index in [1.54, 1.807) is 30.3 Å². The van der Waals surface area contributed by atoms with E-state index in [0.717, 1.165) is 10.6 Å². The molecule has 0 aliphatic carbocycles. The number of hydrogen-bond acceptors (Lipinski definition) is 5. The quantitative estimate of drug-likeness (QED) is 0.595. The van der Waals surface area contributed by atoms with E-state index < -0.39 is 0 Å². The molecule has 0 fully saturated rings. The maximum atomic E-state index is 12.1. The van der Waals surface area contributed by atoms with Crippen LogP contribution in [0.15, 0.2) is 53.4 Å². The molecule has 2 aromatic carbocycles. The smallest absolute Gasteiger partial charge is 0.243 e. The first kappa shape index (κ1) is 17.6. The van der Waals surface area contributed by atoms with Crippen LogP contribution < -0.4 is 10.6 Å². The average Bonchev–Trinajstić information content (AvgIpc) is 2.59. The molecular formula is C18H17N3O2S. The molecule has 6 heteroatoms. The predicted molar refractivity (Wildman–Crippen MR) is 96.3 cm³/mol. The molecule has 2 aromatic rings. The molecule has 0 aliphatic rings. The minimum absolute atomic E-state index is 0.00534. The Kier molecular flexibility index (Phi) is 6.41. The highest BCUT2D eigenvalue weighted by Crippen LogP contribution is 2.26. The summed E-state index contributed by atoms with van der Waals surface area (Å²) in [5.74, 6) is 0.148. The van der Waals surface area contributed by atoms with Gasteiger partial charge in [-0.1, -0.05) is 12.1 Å². The lowest BCUT2D eigenvalue weighted by Crippen LogP contribution is -2.22. The van der Waals surface area contributed by atoms with Gasteiger partial charge >= 0.3 is 0 Å². The topological polar surface area (TPSA) is 82.0 Å². The number of rotatable bonds is 7. The van der Waals surface area contributed by atoms with Gasteiger partial charge in [-0.25, -0.2) is 0 Å². The van der Waals surface area contributed by atoms with Gasteiger partial charge in [0.1, 0.15) is 0 Å². The average molecular weight is 339 g/mol. The molecule has 0 heterocycles. The molecule has 1 amide bonds. The van der Waals surface area contributed by atoms with Crippen molar-refractivity contribution in [2.75, 3.05) is 22.9 Å². The van der Waals surface area contributed by atoms with E-state index in [9.17, 15) is 9.59 Å². The minimum Gasteiger partial charge on any atom is -0.376 e. The summed E-state index contributed by atoms with van der Waals surface area (Å²) in [6.07, 6.45) is 0. The molecule has 0 spiro atoms. The van der Waals surface area contributed by atoms with Crippen molar-refractivity contribution < 1.29 is 9.59 Å². The molecule has 24 heavy (non-hydrogen) atoms. The lowest BCUT2D eigenvalue weighted by Gasteiger charge is -2.11. The van der Waals surface area contributed by atoms with E-state index in [1.165, 1.54) is 18.7 Å². The number of Topliss-reactive ketones (excluding diaryl/α,β-unsaturated/α-hetero) is 1. The van der Waals surface area contributed by atoms with Crippen LogP contribution in [0.1, 0.15) is 17.3 Å². The van der Waals surface area contributed by atoms with Crippen LogP contribution in [0, 0.1) is 11.3 Å². The highest BCUT2D eigenvalue weighted by molar-refractivity contribution is 7.99. The zero-order chi connectivity index (χ0) is 17.4. The van der Waals surface area contributed by atoms with Crippen molar-refractivity contribution in [3.63, 3.8) is 0 Å². The first-order valence-electron chi connectivity index (χ1n) is 7.33. The molecule has 122 valence electrons. The third-order valence-electron chi connectivity index (χ3n) is 3.20. The number of nitrogens with zero attached hydrogens (tertiary/aromatic N) is 1. The summed E-state index contributed by atoms with van der Waals surface area (Å²) >= 11 is 1.38. The SMILES string of the molecule is CC(=O)c1ccc(NCC(=O)Nc2ccccc2SCC#N)cc1. The number of nitrogens with one attached hydrogen (secondary N) is 2. The molecule has 2 N–H and O–H groups in total. The Morgan fingerprint density at radius 3 is 2.50 bits per heavy atom. The largest absolute Gasteiger partial charge is 0.376 e. The van der Waals surface area contributed by atoms with Gasteiger partial charge in [0, 0.05) is 16.1 Å². The molecule has 0 bridgehead atoms. The van der Waals surface area contributed by atoms with Crippen LogP contribution in [0.3, 0.4) is 0 Å². The Morgan fingerprint density at radius 2 is 1.83 bits per heavy atom. The molecule has 0 saturated heterocycles. The van der Waals surface area contributed by atoms with Gasteiger partial charge in [-0.15, -0.1) is 11.8 Å². The number of thioether (sulfide) groups is 1. The molecule has 5 nitrogen and oxygen atoms in total. The van der Waals surface area contributed by atoms with Crippen molar-refractivity contribution >= 4 is 34.8 Å². The first-order chi connectivity index (χ1) is 11.6. The molecular weight excluding hydrogens is 322 g/mol. The Labute approximate surface area is 145 Å². The van der Waals surface area contributed by atoms with E-state index in [2.05, 4.69) is 16.7 Å². The van der Waals surface area contributed by atoms with Gasteiger partial charge in [0.15, 0.2) is 5.78 Å². The van der Waals surface area contributed by atoms with Crippen LogP contribution in [-0.2, 0) is 4.79 Å². The number of carbonyl (C=O) groups is 2. The molecule has 0 aromatic heterocycles. The number of nitriles is 1. The number of anilines is 2. The van der Waals surface area contributed by atoms with Crippen LogP contribution >= 0.6 is 11.8 Å². The van der Waals surface area contributed by atoms with E-state index in [-0.39, 0.29) is 18.2 Å². The third kappa shape index (κ3) is 5.14. The Morgan fingerprint density at radius 1 is 1.12 bits per heavy atom. The monoisotopic (exact) mass is 339 g/mol. The Hall–Kier alpha value is -2.78. The molecule has 0 unspecified atom stereocenters. The standard InChI is InChI=1S/C18H17N3O2S/c1-13(22)14-6-8-15(9-7-14)20-12-18(23)21-16-4-2-3-5-17(16)24-11-10-19/h2-9,20H,11-12H2,1H3,(H,21,23). The van der Waals surface area contributed by atoms with Gasteiger partial charge in [0.25, 0.3) is 0 Å². The van der Waals surface area contributed by atoms with Crippen LogP contribution in [-0.4, -0.2) is 24.0 Å². The van der Waals surface area contributed by atoms with Gasteiger partial charge < -0.3 is 10.6 Å². The van der Waals surface area contributed by atoms with Crippen LogP contribution in [0.25, 0.3) is 0 Å². The molecule has 0 atom stereocenters. The predicted octanol–water partition coefficient (Wildman–Crippen LogP) is 3.56. The minimum atomic E-state index is -0.185. The number of carbonyl (C=O) groups excluding carboxylic acids is 2. The fourth-order valence-corrected chi connectivity index (χ4v) is 2.67. The normalized spacial score (nSPS) is 9.83. The zero-order valence-electron chi connectivity index (χ0n) is 13.2. The van der Waals surface area contributed by atoms with Gasteiger partial charge in [-0.05, 0) is 43.3 Å². The van der Waals surface area contributed by atoms with Crippen molar-refractivity contribution in [3.05, 3.63) is 54.1 Å². The van der Waals surface area contributed by atoms with Gasteiger partial charge in [0.05, 0.1) is 24.1 Å². The Bertz CT molecular complexity index is 767. The zero-order valence-corrected chi connectivity index (χ0v) is 14.0. The highest BCUT2D eigenvalue weighted by atomic mass is 32.2. The lowest BCUT2D eigenvalue weighted by molar-refractivity contribution is -0.114. The third-order valence-corrected chi connectivity index (χ3v) is 4.14. The second-order valence-electron chi connectivity index (χ2n) is 4.98. The number of hydrogen-bond donors (Lipinski definition) is 2. The van der Waals surface area contributed by atoms with Crippen LogP contribution in [0.4, 0.5) is 11.4 Å². The summed E-state index contributed by atoms with van der Waals surface area (Å²) < 4.78 is 0. The number of para-hydroxylation sites is 1. The summed E-state index contributed by atoms with van der Waals surface area (Å²) in [7, 11) is 0. The maximum absolute atomic E-state index is 12.1. The molecule has 0 aliphatic heterocycles. The van der Waals surface area contributed by atoms with Crippen LogP contribution in [0.5, 0.6) is 0 Å². The highest BCUT2D eigenvalue weighted by Gasteiger charge is 2.07. The number of ketones is 1. The van der Waals surface area contributed by atoms with Crippen molar-refractivity contribution in [1.29, 1.82) is 5.26 Å². The van der Waals surface area contributed by atoms with E-state index in [1.807, 2.05) is 18.2 Å². The fourth-order valence-electron chi connectivity index (χ4n) is 2.01. The first-order valence-corrected chi connectivity index (χ1v) is 8.32. The van der Waals surface area contributed by atoms with Crippen LogP contribution in [0.2, 0.25) is 0 Å². The van der Waals surface area contributed by atoms with Gasteiger partial charge in [-0.2, -0.15) is 5.26 Å². The van der Waals surface area contributed by atoms with E-state index in [0.29, 0.717) is 17.0 Å². The van der Waals surface area contributed by atoms with Gasteiger partial charge in [0.2, 0.25) is 5.91 Å². The Balaban J connectivity index is 1.92. The molecule has 0 radical (unpaired) electrons. The maximum Gasteiger partial charge on any atom is 0.243 e. The molecule has 0 saturated carbocycles. The summed E-state index contributed by atoms with van der Waals surface area (Å²) in [5.41, 5.74) is 2.09. The summed E-state index contributed by atoms with van der Waals surface area (Å²) in [5, 5.41) is 14.5. The summed E-state index contributed by atoms with van der Waals surface area (Å²) in [4.78, 5) is 24.2. The molecule has 2 rings (SSSR count). The summed E-state index contributed by atoms with van der Waals surface area (Å²) in [6.45, 7) is 1.62. The lowest BCUT2D eigenvalue weighted by atomic mass is 10.1. The number of amides is 1. The number of benzene rings is 2. The van der Waals surface area contributed by atoms with Gasteiger partial charge in [-0.3, -0.25) is 9.59 Å². The second-order valence-corrected chi connectivity index (χ2v) is 6.00. The van der Waals surface area contributed by atoms with Crippen molar-refractivity contribution in [2.45, 2.75) is 11.8 Å². The van der Waals surface area contributed by atoms with Crippen molar-refractivity contribution in [2.24, 2.45) is 0 Å². The second kappa shape index (κ2) is 8.75. The fraction of sp³-hybridized carbons (Fsp3) is 0.167. The van der Waals surface area contributed by atoms with Crippen molar-refractivity contribution in [1.82, 2.24) is 0 Å².